The molecule has 5 heteroatoms. The van der Waals surface area contributed by atoms with Crippen LogP contribution < -0.4 is 9.47 Å². The largest absolute Gasteiger partial charge is 0.495 e. The number of aromatic nitrogens is 2. The van der Waals surface area contributed by atoms with Gasteiger partial charge in [-0.2, -0.15) is 0 Å². The van der Waals surface area contributed by atoms with E-state index in [0.717, 1.165) is 5.39 Å². The summed E-state index contributed by atoms with van der Waals surface area (Å²) >= 11 is 6.10. The smallest absolute Gasteiger partial charge is 0.224 e. The predicted molar refractivity (Wildman–Crippen MR) is 57.7 cm³/mol. The van der Waals surface area contributed by atoms with Crippen molar-refractivity contribution in [3.63, 3.8) is 0 Å². The van der Waals surface area contributed by atoms with Crippen molar-refractivity contribution in [2.75, 3.05) is 14.2 Å². The van der Waals surface area contributed by atoms with Gasteiger partial charge in [0.25, 0.3) is 0 Å². The highest BCUT2D eigenvalue weighted by atomic mass is 35.5. The lowest BCUT2D eigenvalue weighted by molar-refractivity contribution is 0.402. The van der Waals surface area contributed by atoms with E-state index in [2.05, 4.69) is 9.97 Å². The second kappa shape index (κ2) is 3.90. The van der Waals surface area contributed by atoms with Gasteiger partial charge in [0.2, 0.25) is 5.88 Å². The minimum atomic E-state index is 0.468. The Kier molecular flexibility index (Phi) is 2.60. The normalized spacial score (nSPS) is 10.3. The van der Waals surface area contributed by atoms with E-state index in [4.69, 9.17) is 21.1 Å². The number of ether oxygens (including phenoxy) is 2. The number of hydrogen-bond acceptors (Lipinski definition) is 4. The average Bonchev–Trinajstić information content (AvgIpc) is 2.29. The molecule has 1 aromatic heterocycles. The predicted octanol–water partition coefficient (Wildman–Crippen LogP) is 2.30. The molecule has 0 spiro atoms. The molecule has 0 unspecified atom stereocenters. The Hall–Kier alpha value is -1.55. The van der Waals surface area contributed by atoms with Crippen molar-refractivity contribution in [2.24, 2.45) is 0 Å². The Bertz CT molecular complexity index is 502. The summed E-state index contributed by atoms with van der Waals surface area (Å²) in [5, 5.41) is 1.24. The number of benzene rings is 1. The molecule has 78 valence electrons. The highest BCUT2D eigenvalue weighted by Gasteiger charge is 2.10. The third kappa shape index (κ3) is 1.57. The summed E-state index contributed by atoms with van der Waals surface area (Å²) in [6, 6.07) is 3.58. The Morgan fingerprint density at radius 3 is 2.60 bits per heavy atom. The Labute approximate surface area is 91.8 Å². The molecule has 1 heterocycles. The summed E-state index contributed by atoms with van der Waals surface area (Å²) < 4.78 is 10.2. The van der Waals surface area contributed by atoms with Crippen molar-refractivity contribution in [3.05, 3.63) is 23.5 Å². The number of fused-ring (bicyclic) bond motifs is 1. The van der Waals surface area contributed by atoms with Crippen molar-refractivity contribution in [1.29, 1.82) is 0 Å². The van der Waals surface area contributed by atoms with Crippen LogP contribution >= 0.6 is 11.6 Å². The van der Waals surface area contributed by atoms with Gasteiger partial charge in [-0.05, 0) is 12.1 Å². The molecule has 4 nitrogen and oxygen atoms in total. The maximum Gasteiger partial charge on any atom is 0.224 e. The molecule has 15 heavy (non-hydrogen) atoms. The zero-order valence-corrected chi connectivity index (χ0v) is 9.08. The number of rotatable bonds is 2. The lowest BCUT2D eigenvalue weighted by atomic mass is 10.2. The van der Waals surface area contributed by atoms with Gasteiger partial charge in [-0.25, -0.2) is 9.97 Å². The molecule has 0 N–H and O–H groups in total. The fourth-order valence-electron chi connectivity index (χ4n) is 1.37. The minimum Gasteiger partial charge on any atom is -0.495 e. The molecule has 0 atom stereocenters. The van der Waals surface area contributed by atoms with Crippen LogP contribution in [0.25, 0.3) is 10.9 Å². The molecule has 2 aromatic rings. The Balaban J connectivity index is 2.78. The van der Waals surface area contributed by atoms with E-state index < -0.39 is 0 Å². The number of hydrogen-bond donors (Lipinski definition) is 0. The highest BCUT2D eigenvalue weighted by Crippen LogP contribution is 2.33. The van der Waals surface area contributed by atoms with E-state index in [9.17, 15) is 0 Å². The lowest BCUT2D eigenvalue weighted by Gasteiger charge is -2.07. The number of nitrogens with zero attached hydrogens (tertiary/aromatic N) is 2. The summed E-state index contributed by atoms with van der Waals surface area (Å²) in [7, 11) is 3.12. The van der Waals surface area contributed by atoms with Crippen LogP contribution in [-0.4, -0.2) is 24.2 Å². The maximum atomic E-state index is 6.10. The molecule has 0 aliphatic heterocycles. The molecule has 0 fully saturated rings. The fraction of sp³-hybridized carbons (Fsp3) is 0.200. The first-order chi connectivity index (χ1) is 7.27. The van der Waals surface area contributed by atoms with Gasteiger partial charge < -0.3 is 9.47 Å². The standard InChI is InChI=1S/C10H9ClN2O2/c1-14-7-4-3-6-9(8(7)11)12-5-13-10(6)15-2/h3-5H,1-2H3. The van der Waals surface area contributed by atoms with Crippen LogP contribution in [0.3, 0.4) is 0 Å². The van der Waals surface area contributed by atoms with E-state index in [0.29, 0.717) is 22.2 Å². The monoisotopic (exact) mass is 224 g/mol. The SMILES string of the molecule is COc1ccc2c(OC)ncnc2c1Cl. The average molecular weight is 225 g/mol. The molecule has 1 aromatic carbocycles. The molecule has 0 amide bonds. The van der Waals surface area contributed by atoms with Crippen LogP contribution in [0, 0.1) is 0 Å². The van der Waals surface area contributed by atoms with E-state index >= 15 is 0 Å². The van der Waals surface area contributed by atoms with Crippen LogP contribution in [0.15, 0.2) is 18.5 Å². The summed E-state index contributed by atoms with van der Waals surface area (Å²) in [4.78, 5) is 8.08. The van der Waals surface area contributed by atoms with Gasteiger partial charge in [-0.3, -0.25) is 0 Å². The van der Waals surface area contributed by atoms with Crippen LogP contribution in [0.5, 0.6) is 11.6 Å². The minimum absolute atomic E-state index is 0.468. The fourth-order valence-corrected chi connectivity index (χ4v) is 1.66. The van der Waals surface area contributed by atoms with Gasteiger partial charge >= 0.3 is 0 Å². The first-order valence-electron chi connectivity index (χ1n) is 4.29. The van der Waals surface area contributed by atoms with Gasteiger partial charge in [0, 0.05) is 0 Å². The van der Waals surface area contributed by atoms with Crippen LogP contribution in [0.4, 0.5) is 0 Å². The third-order valence-corrected chi connectivity index (χ3v) is 2.45. The highest BCUT2D eigenvalue weighted by molar-refractivity contribution is 6.36. The van der Waals surface area contributed by atoms with Crippen molar-refractivity contribution in [3.8, 4) is 11.6 Å². The summed E-state index contributed by atoms with van der Waals surface area (Å²) in [5.74, 6) is 1.09. The molecule has 0 aliphatic rings. The third-order valence-electron chi connectivity index (χ3n) is 2.09. The molecule has 0 saturated carbocycles. The van der Waals surface area contributed by atoms with Crippen molar-refractivity contribution in [2.45, 2.75) is 0 Å². The molecule has 2 rings (SSSR count). The summed E-state index contributed by atoms with van der Waals surface area (Å²) in [5.41, 5.74) is 0.628. The second-order valence-corrected chi connectivity index (χ2v) is 3.24. The van der Waals surface area contributed by atoms with Crippen LogP contribution in [0.1, 0.15) is 0 Å². The number of methoxy groups -OCH3 is 2. The van der Waals surface area contributed by atoms with Crippen molar-refractivity contribution >= 4 is 22.5 Å². The van der Waals surface area contributed by atoms with Crippen molar-refractivity contribution < 1.29 is 9.47 Å². The first kappa shape index (κ1) is 9.98. The van der Waals surface area contributed by atoms with Crippen LogP contribution in [-0.2, 0) is 0 Å². The van der Waals surface area contributed by atoms with Gasteiger partial charge in [0.05, 0.1) is 25.1 Å². The number of halogens is 1. The Morgan fingerprint density at radius 1 is 1.13 bits per heavy atom. The van der Waals surface area contributed by atoms with Crippen LogP contribution in [0.2, 0.25) is 5.02 Å². The molecule has 0 aliphatic carbocycles. The van der Waals surface area contributed by atoms with Gasteiger partial charge in [0.1, 0.15) is 17.1 Å². The quantitative estimate of drug-likeness (QED) is 0.785. The lowest BCUT2D eigenvalue weighted by Crippen LogP contribution is -1.93. The maximum absolute atomic E-state index is 6.10. The topological polar surface area (TPSA) is 44.2 Å². The van der Waals surface area contributed by atoms with Crippen molar-refractivity contribution in [1.82, 2.24) is 9.97 Å². The summed E-state index contributed by atoms with van der Waals surface area (Å²) in [6.45, 7) is 0. The molecule has 0 bridgehead atoms. The zero-order valence-electron chi connectivity index (χ0n) is 8.32. The molecular weight excluding hydrogens is 216 g/mol. The second-order valence-electron chi connectivity index (χ2n) is 2.86. The zero-order chi connectivity index (χ0) is 10.8. The molecule has 0 radical (unpaired) electrons. The van der Waals surface area contributed by atoms with E-state index in [1.165, 1.54) is 6.33 Å². The van der Waals surface area contributed by atoms with Gasteiger partial charge in [-0.1, -0.05) is 11.6 Å². The first-order valence-corrected chi connectivity index (χ1v) is 4.67. The van der Waals surface area contributed by atoms with E-state index in [1.54, 1.807) is 20.3 Å². The van der Waals surface area contributed by atoms with E-state index in [-0.39, 0.29) is 0 Å². The van der Waals surface area contributed by atoms with Gasteiger partial charge in [0.15, 0.2) is 0 Å². The van der Waals surface area contributed by atoms with Gasteiger partial charge in [-0.15, -0.1) is 0 Å². The Morgan fingerprint density at radius 2 is 1.93 bits per heavy atom. The molecular formula is C10H9ClN2O2. The summed E-state index contributed by atoms with van der Waals surface area (Å²) in [6.07, 6.45) is 1.41. The molecule has 0 saturated heterocycles. The van der Waals surface area contributed by atoms with E-state index in [1.807, 2.05) is 6.07 Å².